The Labute approximate surface area is 180 Å². The van der Waals surface area contributed by atoms with Crippen LogP contribution in [0.1, 0.15) is 40.2 Å². The summed E-state index contributed by atoms with van der Waals surface area (Å²) in [4.78, 5) is 38.7. The molecule has 0 bridgehead atoms. The maximum absolute atomic E-state index is 13.0. The van der Waals surface area contributed by atoms with E-state index in [0.29, 0.717) is 49.6 Å². The summed E-state index contributed by atoms with van der Waals surface area (Å²) in [5.41, 5.74) is 3.40. The molecule has 1 fully saturated rings. The van der Waals surface area contributed by atoms with Crippen molar-refractivity contribution in [3.63, 3.8) is 0 Å². The maximum Gasteiger partial charge on any atom is 0.254 e. The highest BCUT2D eigenvalue weighted by molar-refractivity contribution is 5.94. The molecule has 158 valence electrons. The number of likely N-dealkylation sites (tertiary alicyclic amines) is 1. The van der Waals surface area contributed by atoms with Crippen LogP contribution in [-0.4, -0.2) is 45.5 Å². The molecular weight excluding hydrogens is 392 g/mol. The zero-order chi connectivity index (χ0) is 21.4. The van der Waals surface area contributed by atoms with Gasteiger partial charge < -0.3 is 14.6 Å². The van der Waals surface area contributed by atoms with E-state index in [1.54, 1.807) is 17.9 Å². The Balaban J connectivity index is 1.41. The first kappa shape index (κ1) is 19.6. The van der Waals surface area contributed by atoms with E-state index >= 15 is 0 Å². The van der Waals surface area contributed by atoms with Crippen LogP contribution < -0.4 is 5.56 Å². The smallest absolute Gasteiger partial charge is 0.254 e. The molecule has 0 saturated carbocycles. The molecule has 7 heteroatoms. The number of amides is 1. The van der Waals surface area contributed by atoms with Crippen molar-refractivity contribution in [3.05, 3.63) is 81.5 Å². The van der Waals surface area contributed by atoms with Gasteiger partial charge in [-0.1, -0.05) is 30.3 Å². The number of aromatic amines is 1. The number of rotatable bonds is 2. The second kappa shape index (κ2) is 7.74. The summed E-state index contributed by atoms with van der Waals surface area (Å²) < 4.78 is 6.31. The minimum Gasteiger partial charge on any atom is -0.368 e. The molecule has 0 radical (unpaired) electrons. The molecule has 1 saturated heterocycles. The summed E-state index contributed by atoms with van der Waals surface area (Å²) >= 11 is 0. The largest absolute Gasteiger partial charge is 0.368 e. The van der Waals surface area contributed by atoms with Crippen molar-refractivity contribution < 1.29 is 9.53 Å². The Morgan fingerprint density at radius 2 is 1.94 bits per heavy atom. The first-order valence-electron chi connectivity index (χ1n) is 10.6. The van der Waals surface area contributed by atoms with Crippen molar-refractivity contribution in [2.75, 3.05) is 19.7 Å². The molecule has 2 aliphatic rings. The standard InChI is InChI=1S/C24H24N4O3/c1-16-13-19(14-20(29)26-16)23(30)28-10-8-24(9-11-28)21-18(7-12-31-24)15-25-22(27-21)17-5-3-2-4-6-17/h2-6,13-15H,7-12H2,1H3,(H,26,29). The number of ether oxygens (including phenoxy) is 1. The van der Waals surface area contributed by atoms with Gasteiger partial charge in [0.2, 0.25) is 5.56 Å². The number of nitrogens with one attached hydrogen (secondary N) is 1. The zero-order valence-electron chi connectivity index (χ0n) is 17.4. The van der Waals surface area contributed by atoms with Crippen LogP contribution in [0.5, 0.6) is 0 Å². The van der Waals surface area contributed by atoms with Crippen LogP contribution in [-0.2, 0) is 16.8 Å². The number of aromatic nitrogens is 3. The average Bonchev–Trinajstić information content (AvgIpc) is 2.79. The molecule has 0 aliphatic carbocycles. The van der Waals surface area contributed by atoms with Crippen LogP contribution in [0.2, 0.25) is 0 Å². The number of fused-ring (bicyclic) bond motifs is 2. The maximum atomic E-state index is 13.0. The molecule has 31 heavy (non-hydrogen) atoms. The van der Waals surface area contributed by atoms with E-state index in [1.807, 2.05) is 36.5 Å². The van der Waals surface area contributed by atoms with Crippen molar-refractivity contribution in [2.24, 2.45) is 0 Å². The fraction of sp³-hybridized carbons (Fsp3) is 0.333. The molecule has 7 nitrogen and oxygen atoms in total. The normalized spacial score (nSPS) is 17.4. The summed E-state index contributed by atoms with van der Waals surface area (Å²) in [6.45, 7) is 3.51. The van der Waals surface area contributed by atoms with Gasteiger partial charge in [0, 0.05) is 42.2 Å². The van der Waals surface area contributed by atoms with Crippen molar-refractivity contribution >= 4 is 5.91 Å². The summed E-state index contributed by atoms with van der Waals surface area (Å²) in [5, 5.41) is 0. The van der Waals surface area contributed by atoms with Crippen LogP contribution in [0.15, 0.2) is 53.5 Å². The molecule has 4 heterocycles. The van der Waals surface area contributed by atoms with Crippen molar-refractivity contribution in [2.45, 2.75) is 31.8 Å². The van der Waals surface area contributed by atoms with Gasteiger partial charge >= 0.3 is 0 Å². The summed E-state index contributed by atoms with van der Waals surface area (Å²) in [6, 6.07) is 13.0. The number of hydrogen-bond acceptors (Lipinski definition) is 5. The van der Waals surface area contributed by atoms with E-state index in [4.69, 9.17) is 9.72 Å². The lowest BCUT2D eigenvalue weighted by Crippen LogP contribution is -2.49. The second-order valence-electron chi connectivity index (χ2n) is 8.23. The van der Waals surface area contributed by atoms with E-state index in [1.165, 1.54) is 6.07 Å². The number of aryl methyl sites for hydroxylation is 1. The Bertz CT molecular complexity index is 1180. The van der Waals surface area contributed by atoms with Crippen molar-refractivity contribution in [3.8, 4) is 11.4 Å². The highest BCUT2D eigenvalue weighted by Gasteiger charge is 2.43. The second-order valence-corrected chi connectivity index (χ2v) is 8.23. The predicted molar refractivity (Wildman–Crippen MR) is 116 cm³/mol. The predicted octanol–water partition coefficient (Wildman–Crippen LogP) is 2.84. The third kappa shape index (κ3) is 3.65. The molecule has 2 aromatic heterocycles. The highest BCUT2D eigenvalue weighted by atomic mass is 16.5. The number of hydrogen-bond donors (Lipinski definition) is 1. The molecule has 0 atom stereocenters. The first-order valence-corrected chi connectivity index (χ1v) is 10.6. The molecule has 1 spiro atoms. The van der Waals surface area contributed by atoms with Gasteiger partial charge in [-0.25, -0.2) is 9.97 Å². The summed E-state index contributed by atoms with van der Waals surface area (Å²) in [5.74, 6) is 0.578. The third-order valence-electron chi connectivity index (χ3n) is 6.16. The van der Waals surface area contributed by atoms with Crippen LogP contribution >= 0.6 is 0 Å². The molecule has 0 unspecified atom stereocenters. The Morgan fingerprint density at radius 3 is 2.68 bits per heavy atom. The number of H-pyrrole nitrogens is 1. The number of benzene rings is 1. The Morgan fingerprint density at radius 1 is 1.16 bits per heavy atom. The monoisotopic (exact) mass is 416 g/mol. The number of carbonyl (C=O) groups is 1. The van der Waals surface area contributed by atoms with E-state index in [2.05, 4.69) is 9.97 Å². The lowest BCUT2D eigenvalue weighted by atomic mass is 9.83. The first-order chi connectivity index (χ1) is 15.0. The molecule has 2 aliphatic heterocycles. The number of carbonyl (C=O) groups excluding carboxylic acids is 1. The molecule has 1 aromatic carbocycles. The molecule has 1 amide bonds. The fourth-order valence-electron chi connectivity index (χ4n) is 4.58. The Kier molecular flexibility index (Phi) is 4.90. The van der Waals surface area contributed by atoms with E-state index < -0.39 is 5.60 Å². The quantitative estimate of drug-likeness (QED) is 0.694. The van der Waals surface area contributed by atoms with E-state index in [-0.39, 0.29) is 11.5 Å². The van der Waals surface area contributed by atoms with Gasteiger partial charge in [-0.2, -0.15) is 0 Å². The topological polar surface area (TPSA) is 88.2 Å². The third-order valence-corrected chi connectivity index (χ3v) is 6.16. The number of nitrogens with zero attached hydrogens (tertiary/aromatic N) is 3. The lowest BCUT2D eigenvalue weighted by Gasteiger charge is -2.44. The van der Waals surface area contributed by atoms with Crippen LogP contribution in [0.25, 0.3) is 11.4 Å². The molecular formula is C24H24N4O3. The van der Waals surface area contributed by atoms with Gasteiger partial charge in [-0.15, -0.1) is 0 Å². The van der Waals surface area contributed by atoms with Crippen molar-refractivity contribution in [1.82, 2.24) is 19.9 Å². The fourth-order valence-corrected chi connectivity index (χ4v) is 4.58. The van der Waals surface area contributed by atoms with Gasteiger partial charge in [0.05, 0.1) is 12.3 Å². The lowest BCUT2D eigenvalue weighted by molar-refractivity contribution is -0.0967. The van der Waals surface area contributed by atoms with Gasteiger partial charge in [0.15, 0.2) is 5.82 Å². The van der Waals surface area contributed by atoms with Crippen LogP contribution in [0.3, 0.4) is 0 Å². The zero-order valence-corrected chi connectivity index (χ0v) is 17.4. The molecule has 1 N–H and O–H groups in total. The SMILES string of the molecule is Cc1cc(C(=O)N2CCC3(CC2)OCCc2cnc(-c4ccccc4)nc23)cc(=O)[nH]1. The average molecular weight is 416 g/mol. The van der Waals surface area contributed by atoms with Crippen LogP contribution in [0, 0.1) is 6.92 Å². The molecule has 5 rings (SSSR count). The minimum absolute atomic E-state index is 0.118. The molecule has 3 aromatic rings. The van der Waals surface area contributed by atoms with Gasteiger partial charge in [-0.05, 0) is 37.8 Å². The van der Waals surface area contributed by atoms with Crippen molar-refractivity contribution in [1.29, 1.82) is 0 Å². The summed E-state index contributed by atoms with van der Waals surface area (Å²) in [6.07, 6.45) is 4.05. The number of pyridine rings is 1. The highest BCUT2D eigenvalue weighted by Crippen LogP contribution is 2.41. The van der Waals surface area contributed by atoms with E-state index in [9.17, 15) is 9.59 Å². The van der Waals surface area contributed by atoms with Crippen LogP contribution in [0.4, 0.5) is 0 Å². The van der Waals surface area contributed by atoms with E-state index in [0.717, 1.165) is 23.2 Å². The number of piperidine rings is 1. The van der Waals surface area contributed by atoms with Gasteiger partial charge in [0.25, 0.3) is 5.91 Å². The van der Waals surface area contributed by atoms with Gasteiger partial charge in [-0.3, -0.25) is 9.59 Å². The van der Waals surface area contributed by atoms with Gasteiger partial charge in [0.1, 0.15) is 5.60 Å². The summed E-state index contributed by atoms with van der Waals surface area (Å²) in [7, 11) is 0. The Hall–Kier alpha value is -3.32. The minimum atomic E-state index is -0.499.